The first-order valence-corrected chi connectivity index (χ1v) is 7.41. The Balaban J connectivity index is 2.09. The highest BCUT2D eigenvalue weighted by Crippen LogP contribution is 2.26. The summed E-state index contributed by atoms with van der Waals surface area (Å²) in [6, 6.07) is 12.7. The van der Waals surface area contributed by atoms with Crippen molar-refractivity contribution >= 4 is 11.3 Å². The molecule has 0 bridgehead atoms. The molecule has 0 aliphatic rings. The third-order valence-electron chi connectivity index (χ3n) is 3.03. The van der Waals surface area contributed by atoms with Crippen molar-refractivity contribution in [2.45, 2.75) is 39.0 Å². The molecule has 2 aromatic rings. The van der Waals surface area contributed by atoms with Crippen LogP contribution in [0.4, 0.5) is 0 Å². The van der Waals surface area contributed by atoms with Gasteiger partial charge in [-0.3, -0.25) is 0 Å². The number of nitrogens with zero attached hydrogens (tertiary/aromatic N) is 2. The van der Waals surface area contributed by atoms with Gasteiger partial charge in [-0.15, -0.1) is 11.3 Å². The minimum atomic E-state index is 0.394. The summed E-state index contributed by atoms with van der Waals surface area (Å²) in [5.41, 5.74) is 2.44. The van der Waals surface area contributed by atoms with Gasteiger partial charge in [0.25, 0.3) is 0 Å². The zero-order valence-corrected chi connectivity index (χ0v) is 12.2. The summed E-state index contributed by atoms with van der Waals surface area (Å²) in [6.07, 6.45) is 2.45. The SMILES string of the molecule is CC(C)c1nc(CCc2ccccc2)sc1CC#N. The van der Waals surface area contributed by atoms with E-state index in [9.17, 15) is 0 Å². The summed E-state index contributed by atoms with van der Waals surface area (Å²) < 4.78 is 0. The molecule has 0 fully saturated rings. The van der Waals surface area contributed by atoms with Crippen LogP contribution in [0.3, 0.4) is 0 Å². The Morgan fingerprint density at radius 1 is 1.21 bits per heavy atom. The molecule has 2 nitrogen and oxygen atoms in total. The van der Waals surface area contributed by atoms with Gasteiger partial charge in [0.15, 0.2) is 0 Å². The fourth-order valence-corrected chi connectivity index (χ4v) is 3.22. The van der Waals surface area contributed by atoms with Crippen LogP contribution in [0.15, 0.2) is 30.3 Å². The second-order valence-electron chi connectivity index (χ2n) is 4.89. The topological polar surface area (TPSA) is 36.7 Å². The van der Waals surface area contributed by atoms with Crippen LogP contribution in [-0.2, 0) is 19.3 Å². The Kier molecular flexibility index (Phi) is 4.70. The van der Waals surface area contributed by atoms with Gasteiger partial charge in [-0.25, -0.2) is 4.98 Å². The number of rotatable bonds is 5. The highest BCUT2D eigenvalue weighted by atomic mass is 32.1. The molecule has 1 heterocycles. The van der Waals surface area contributed by atoms with Crippen LogP contribution in [0.1, 0.15) is 40.9 Å². The molecule has 19 heavy (non-hydrogen) atoms. The lowest BCUT2D eigenvalue weighted by molar-refractivity contribution is 0.806. The minimum absolute atomic E-state index is 0.394. The van der Waals surface area contributed by atoms with Gasteiger partial charge < -0.3 is 0 Å². The van der Waals surface area contributed by atoms with Crippen LogP contribution in [0.5, 0.6) is 0 Å². The zero-order chi connectivity index (χ0) is 13.7. The minimum Gasteiger partial charge on any atom is -0.246 e. The molecule has 1 aromatic heterocycles. The van der Waals surface area contributed by atoms with E-state index < -0.39 is 0 Å². The molecule has 0 atom stereocenters. The zero-order valence-electron chi connectivity index (χ0n) is 11.4. The van der Waals surface area contributed by atoms with Crippen molar-refractivity contribution in [1.82, 2.24) is 4.98 Å². The molecule has 0 saturated heterocycles. The number of aryl methyl sites for hydroxylation is 2. The van der Waals surface area contributed by atoms with Crippen LogP contribution < -0.4 is 0 Å². The summed E-state index contributed by atoms with van der Waals surface area (Å²) in [6.45, 7) is 4.27. The van der Waals surface area contributed by atoms with Crippen LogP contribution in [-0.4, -0.2) is 4.98 Å². The lowest BCUT2D eigenvalue weighted by Crippen LogP contribution is -1.94. The van der Waals surface area contributed by atoms with E-state index in [-0.39, 0.29) is 0 Å². The van der Waals surface area contributed by atoms with Crippen molar-refractivity contribution < 1.29 is 0 Å². The fraction of sp³-hybridized carbons (Fsp3) is 0.375. The van der Waals surface area contributed by atoms with E-state index in [0.717, 1.165) is 28.4 Å². The lowest BCUT2D eigenvalue weighted by Gasteiger charge is -2.01. The number of hydrogen-bond acceptors (Lipinski definition) is 3. The van der Waals surface area contributed by atoms with Crippen molar-refractivity contribution in [3.05, 3.63) is 51.5 Å². The van der Waals surface area contributed by atoms with Crippen molar-refractivity contribution in [3.8, 4) is 6.07 Å². The first-order valence-electron chi connectivity index (χ1n) is 6.60. The number of hydrogen-bond donors (Lipinski definition) is 0. The molecule has 0 aliphatic heterocycles. The predicted octanol–water partition coefficient (Wildman–Crippen LogP) is 4.12. The number of aromatic nitrogens is 1. The van der Waals surface area contributed by atoms with Gasteiger partial charge in [0, 0.05) is 11.3 Å². The van der Waals surface area contributed by atoms with E-state index in [1.165, 1.54) is 5.56 Å². The molecule has 2 rings (SSSR count). The summed E-state index contributed by atoms with van der Waals surface area (Å²) in [5, 5.41) is 10.0. The Morgan fingerprint density at radius 2 is 1.95 bits per heavy atom. The number of benzene rings is 1. The second-order valence-corrected chi connectivity index (χ2v) is 6.06. The molecule has 0 N–H and O–H groups in total. The van der Waals surface area contributed by atoms with Gasteiger partial charge in [-0.2, -0.15) is 5.26 Å². The predicted molar refractivity (Wildman–Crippen MR) is 79.4 cm³/mol. The Labute approximate surface area is 118 Å². The Bertz CT molecular complexity index is 564. The van der Waals surface area contributed by atoms with Gasteiger partial charge in [0.1, 0.15) is 0 Å². The Hall–Kier alpha value is -1.66. The third-order valence-corrected chi connectivity index (χ3v) is 4.16. The molecule has 0 radical (unpaired) electrons. The van der Waals surface area contributed by atoms with Gasteiger partial charge >= 0.3 is 0 Å². The van der Waals surface area contributed by atoms with Crippen molar-refractivity contribution in [3.63, 3.8) is 0 Å². The smallest absolute Gasteiger partial charge is 0.0934 e. The van der Waals surface area contributed by atoms with Gasteiger partial charge in [0.2, 0.25) is 0 Å². The maximum Gasteiger partial charge on any atom is 0.0934 e. The van der Waals surface area contributed by atoms with Gasteiger partial charge in [0.05, 0.1) is 23.2 Å². The van der Waals surface area contributed by atoms with Crippen molar-refractivity contribution in [2.75, 3.05) is 0 Å². The van der Waals surface area contributed by atoms with Crippen molar-refractivity contribution in [2.24, 2.45) is 0 Å². The van der Waals surface area contributed by atoms with E-state index >= 15 is 0 Å². The van der Waals surface area contributed by atoms with E-state index in [4.69, 9.17) is 10.2 Å². The number of nitriles is 1. The molecular weight excluding hydrogens is 252 g/mol. The second kappa shape index (κ2) is 6.49. The highest BCUT2D eigenvalue weighted by molar-refractivity contribution is 7.11. The van der Waals surface area contributed by atoms with E-state index in [2.05, 4.69) is 44.2 Å². The van der Waals surface area contributed by atoms with Gasteiger partial charge in [-0.05, 0) is 17.9 Å². The summed E-state index contributed by atoms with van der Waals surface area (Å²) >= 11 is 1.70. The average Bonchev–Trinajstić information content (AvgIpc) is 2.81. The normalized spacial score (nSPS) is 10.6. The summed E-state index contributed by atoms with van der Waals surface area (Å²) in [4.78, 5) is 5.85. The Morgan fingerprint density at radius 3 is 2.58 bits per heavy atom. The fourth-order valence-electron chi connectivity index (χ4n) is 2.07. The summed E-state index contributed by atoms with van der Waals surface area (Å²) in [5.74, 6) is 0.394. The molecule has 1 aromatic carbocycles. The highest BCUT2D eigenvalue weighted by Gasteiger charge is 2.13. The van der Waals surface area contributed by atoms with Crippen LogP contribution in [0.2, 0.25) is 0 Å². The molecule has 98 valence electrons. The van der Waals surface area contributed by atoms with E-state index in [1.807, 2.05) is 6.07 Å². The standard InChI is InChI=1S/C16H18N2S/c1-12(2)16-14(10-11-17)19-15(18-16)9-8-13-6-4-3-5-7-13/h3-7,12H,8-10H2,1-2H3. The molecule has 0 unspecified atom stereocenters. The van der Waals surface area contributed by atoms with Crippen LogP contribution >= 0.6 is 11.3 Å². The quantitative estimate of drug-likeness (QED) is 0.819. The molecule has 3 heteroatoms. The van der Waals surface area contributed by atoms with Crippen LogP contribution in [0, 0.1) is 11.3 Å². The summed E-state index contributed by atoms with van der Waals surface area (Å²) in [7, 11) is 0. The first-order chi connectivity index (χ1) is 9.20. The molecule has 0 spiro atoms. The largest absolute Gasteiger partial charge is 0.246 e. The van der Waals surface area contributed by atoms with Crippen molar-refractivity contribution in [1.29, 1.82) is 5.26 Å². The third kappa shape index (κ3) is 3.65. The molecule has 0 aliphatic carbocycles. The average molecular weight is 270 g/mol. The first kappa shape index (κ1) is 13.8. The molecule has 0 amide bonds. The lowest BCUT2D eigenvalue weighted by atomic mass is 10.1. The van der Waals surface area contributed by atoms with Gasteiger partial charge in [-0.1, -0.05) is 44.2 Å². The van der Waals surface area contributed by atoms with Crippen LogP contribution in [0.25, 0.3) is 0 Å². The van der Waals surface area contributed by atoms with E-state index in [0.29, 0.717) is 12.3 Å². The maximum absolute atomic E-state index is 8.87. The number of thiazole rings is 1. The maximum atomic E-state index is 8.87. The molecular formula is C16H18N2S. The van der Waals surface area contributed by atoms with E-state index in [1.54, 1.807) is 11.3 Å². The monoisotopic (exact) mass is 270 g/mol. The molecule has 0 saturated carbocycles.